The molecule has 0 fully saturated rings. The molecule has 0 aliphatic carbocycles. The number of benzene rings is 1. The van der Waals surface area contributed by atoms with Gasteiger partial charge in [0.2, 0.25) is 0 Å². The molecule has 0 spiro atoms. The molecule has 2 rings (SSSR count). The Bertz CT molecular complexity index is 500. The Kier molecular flexibility index (Phi) is 4.25. The molecule has 2 N–H and O–H groups in total. The van der Waals surface area contributed by atoms with Gasteiger partial charge >= 0.3 is 0 Å². The standard InChI is InChI=1S/C14H17N3O/c1-11-16-13(12-6-3-2-4-7-12)10-14(17-11)15-8-5-9-18/h2-4,6-7,10,18H,5,8-9H2,1H3,(H,15,16,17). The van der Waals surface area contributed by atoms with Gasteiger partial charge in [0, 0.05) is 24.8 Å². The summed E-state index contributed by atoms with van der Waals surface area (Å²) < 4.78 is 0. The van der Waals surface area contributed by atoms with Crippen LogP contribution >= 0.6 is 0 Å². The predicted molar refractivity (Wildman–Crippen MR) is 72.4 cm³/mol. The van der Waals surface area contributed by atoms with Gasteiger partial charge in [0.1, 0.15) is 11.6 Å². The van der Waals surface area contributed by atoms with E-state index in [9.17, 15) is 0 Å². The Morgan fingerprint density at radius 3 is 2.67 bits per heavy atom. The highest BCUT2D eigenvalue weighted by Crippen LogP contribution is 2.19. The fourth-order valence-corrected chi connectivity index (χ4v) is 1.71. The van der Waals surface area contributed by atoms with Crippen molar-refractivity contribution in [1.82, 2.24) is 9.97 Å². The van der Waals surface area contributed by atoms with Crippen molar-refractivity contribution in [3.05, 3.63) is 42.2 Å². The van der Waals surface area contributed by atoms with E-state index < -0.39 is 0 Å². The summed E-state index contributed by atoms with van der Waals surface area (Å²) in [5, 5.41) is 11.9. The Morgan fingerprint density at radius 2 is 1.94 bits per heavy atom. The zero-order valence-corrected chi connectivity index (χ0v) is 10.4. The van der Waals surface area contributed by atoms with Crippen molar-refractivity contribution in [3.8, 4) is 11.3 Å². The molecule has 0 saturated carbocycles. The van der Waals surface area contributed by atoms with E-state index in [1.807, 2.05) is 43.3 Å². The van der Waals surface area contributed by atoms with Crippen LogP contribution in [-0.2, 0) is 0 Å². The Labute approximate surface area is 107 Å². The molecular formula is C14H17N3O. The third kappa shape index (κ3) is 3.28. The Hall–Kier alpha value is -1.94. The number of hydrogen-bond acceptors (Lipinski definition) is 4. The minimum Gasteiger partial charge on any atom is -0.396 e. The van der Waals surface area contributed by atoms with Crippen LogP contribution in [0.4, 0.5) is 5.82 Å². The molecule has 4 nitrogen and oxygen atoms in total. The molecule has 4 heteroatoms. The maximum absolute atomic E-state index is 8.76. The molecule has 0 saturated heterocycles. The minimum atomic E-state index is 0.183. The van der Waals surface area contributed by atoms with E-state index in [0.29, 0.717) is 13.0 Å². The third-order valence-corrected chi connectivity index (χ3v) is 2.55. The summed E-state index contributed by atoms with van der Waals surface area (Å²) in [6.07, 6.45) is 0.712. The number of aromatic nitrogens is 2. The average molecular weight is 243 g/mol. The number of nitrogens with zero attached hydrogens (tertiary/aromatic N) is 2. The second kappa shape index (κ2) is 6.12. The maximum atomic E-state index is 8.76. The van der Waals surface area contributed by atoms with Crippen LogP contribution in [0.25, 0.3) is 11.3 Å². The van der Waals surface area contributed by atoms with Crippen LogP contribution in [0.1, 0.15) is 12.2 Å². The van der Waals surface area contributed by atoms with Gasteiger partial charge in [0.15, 0.2) is 0 Å². The molecule has 0 amide bonds. The summed E-state index contributed by atoms with van der Waals surface area (Å²) in [4.78, 5) is 8.76. The van der Waals surface area contributed by atoms with Crippen LogP contribution in [0.2, 0.25) is 0 Å². The summed E-state index contributed by atoms with van der Waals surface area (Å²) in [7, 11) is 0. The molecule has 0 aliphatic rings. The smallest absolute Gasteiger partial charge is 0.130 e. The van der Waals surface area contributed by atoms with E-state index in [1.165, 1.54) is 0 Å². The van der Waals surface area contributed by atoms with Crippen LogP contribution in [0.3, 0.4) is 0 Å². The van der Waals surface area contributed by atoms with Crippen molar-refractivity contribution >= 4 is 5.82 Å². The van der Waals surface area contributed by atoms with Crippen LogP contribution in [-0.4, -0.2) is 28.2 Å². The van der Waals surface area contributed by atoms with Crippen LogP contribution in [0.5, 0.6) is 0 Å². The average Bonchev–Trinajstić information content (AvgIpc) is 2.39. The van der Waals surface area contributed by atoms with Crippen LogP contribution in [0, 0.1) is 6.92 Å². The lowest BCUT2D eigenvalue weighted by molar-refractivity contribution is 0.292. The first-order valence-corrected chi connectivity index (χ1v) is 6.05. The van der Waals surface area contributed by atoms with Gasteiger partial charge in [-0.2, -0.15) is 0 Å². The van der Waals surface area contributed by atoms with Crippen molar-refractivity contribution < 1.29 is 5.11 Å². The molecule has 0 bridgehead atoms. The highest BCUT2D eigenvalue weighted by atomic mass is 16.3. The molecule has 0 radical (unpaired) electrons. The first kappa shape index (κ1) is 12.5. The van der Waals surface area contributed by atoms with Gasteiger partial charge in [-0.3, -0.25) is 0 Å². The topological polar surface area (TPSA) is 58.0 Å². The lowest BCUT2D eigenvalue weighted by Gasteiger charge is -2.08. The fourth-order valence-electron chi connectivity index (χ4n) is 1.71. The molecule has 1 heterocycles. The molecule has 1 aromatic heterocycles. The second-order valence-corrected chi connectivity index (χ2v) is 4.06. The van der Waals surface area contributed by atoms with Gasteiger partial charge in [-0.05, 0) is 13.3 Å². The number of hydrogen-bond donors (Lipinski definition) is 2. The molecule has 0 aliphatic heterocycles. The lowest BCUT2D eigenvalue weighted by atomic mass is 10.1. The summed E-state index contributed by atoms with van der Waals surface area (Å²) in [5.74, 6) is 1.54. The molecule has 94 valence electrons. The largest absolute Gasteiger partial charge is 0.396 e. The van der Waals surface area contributed by atoms with E-state index in [4.69, 9.17) is 5.11 Å². The van der Waals surface area contributed by atoms with E-state index in [-0.39, 0.29) is 6.61 Å². The zero-order valence-electron chi connectivity index (χ0n) is 10.4. The Balaban J connectivity index is 2.21. The van der Waals surface area contributed by atoms with Crippen LogP contribution < -0.4 is 5.32 Å². The maximum Gasteiger partial charge on any atom is 0.130 e. The molecule has 0 atom stereocenters. The minimum absolute atomic E-state index is 0.183. The molecular weight excluding hydrogens is 226 g/mol. The first-order valence-electron chi connectivity index (χ1n) is 6.05. The van der Waals surface area contributed by atoms with Crippen molar-refractivity contribution in [1.29, 1.82) is 0 Å². The molecule has 1 aromatic carbocycles. The number of aliphatic hydroxyl groups excluding tert-OH is 1. The number of nitrogens with one attached hydrogen (secondary N) is 1. The number of aliphatic hydroxyl groups is 1. The van der Waals surface area contributed by atoms with Gasteiger partial charge in [-0.1, -0.05) is 30.3 Å². The number of anilines is 1. The van der Waals surface area contributed by atoms with E-state index >= 15 is 0 Å². The van der Waals surface area contributed by atoms with Gasteiger partial charge in [-0.15, -0.1) is 0 Å². The quantitative estimate of drug-likeness (QED) is 0.791. The van der Waals surface area contributed by atoms with Crippen molar-refractivity contribution in [2.45, 2.75) is 13.3 Å². The number of rotatable bonds is 5. The Morgan fingerprint density at radius 1 is 1.17 bits per heavy atom. The van der Waals surface area contributed by atoms with Crippen molar-refractivity contribution in [3.63, 3.8) is 0 Å². The molecule has 0 unspecified atom stereocenters. The van der Waals surface area contributed by atoms with Gasteiger partial charge in [-0.25, -0.2) is 9.97 Å². The predicted octanol–water partition coefficient (Wildman–Crippen LogP) is 2.25. The normalized spacial score (nSPS) is 10.3. The highest BCUT2D eigenvalue weighted by molar-refractivity contribution is 5.62. The van der Waals surface area contributed by atoms with E-state index in [0.717, 1.165) is 22.9 Å². The molecule has 18 heavy (non-hydrogen) atoms. The van der Waals surface area contributed by atoms with Gasteiger partial charge in [0.25, 0.3) is 0 Å². The first-order chi connectivity index (χ1) is 8.79. The monoisotopic (exact) mass is 243 g/mol. The SMILES string of the molecule is Cc1nc(NCCCO)cc(-c2ccccc2)n1. The van der Waals surface area contributed by atoms with Crippen LogP contribution in [0.15, 0.2) is 36.4 Å². The summed E-state index contributed by atoms with van der Waals surface area (Å²) in [6, 6.07) is 12.0. The molecule has 2 aromatic rings. The zero-order chi connectivity index (χ0) is 12.8. The van der Waals surface area contributed by atoms with Crippen molar-refractivity contribution in [2.75, 3.05) is 18.5 Å². The highest BCUT2D eigenvalue weighted by Gasteiger charge is 2.03. The van der Waals surface area contributed by atoms with E-state index in [2.05, 4.69) is 15.3 Å². The third-order valence-electron chi connectivity index (χ3n) is 2.55. The van der Waals surface area contributed by atoms with Crippen molar-refractivity contribution in [2.24, 2.45) is 0 Å². The summed E-state index contributed by atoms with van der Waals surface area (Å²) in [6.45, 7) is 2.77. The fraction of sp³-hybridized carbons (Fsp3) is 0.286. The lowest BCUT2D eigenvalue weighted by Crippen LogP contribution is -2.06. The van der Waals surface area contributed by atoms with Gasteiger partial charge < -0.3 is 10.4 Å². The second-order valence-electron chi connectivity index (χ2n) is 4.06. The number of aryl methyl sites for hydroxylation is 1. The van der Waals surface area contributed by atoms with Gasteiger partial charge in [0.05, 0.1) is 5.69 Å². The van der Waals surface area contributed by atoms with E-state index in [1.54, 1.807) is 0 Å². The summed E-state index contributed by atoms with van der Waals surface area (Å²) >= 11 is 0. The summed E-state index contributed by atoms with van der Waals surface area (Å²) in [5.41, 5.74) is 1.99.